The van der Waals surface area contributed by atoms with Crippen LogP contribution in [0, 0.1) is 17.7 Å². The van der Waals surface area contributed by atoms with Gasteiger partial charge in [0.2, 0.25) is 0 Å². The lowest BCUT2D eigenvalue weighted by molar-refractivity contribution is 0.313. The van der Waals surface area contributed by atoms with Gasteiger partial charge in [-0.05, 0) is 36.6 Å². The first-order chi connectivity index (χ1) is 8.27. The topological polar surface area (TPSA) is 9.23 Å². The van der Waals surface area contributed by atoms with Gasteiger partial charge in [-0.2, -0.15) is 0 Å². The second kappa shape index (κ2) is 7.73. The van der Waals surface area contributed by atoms with Crippen LogP contribution in [0.25, 0.3) is 0 Å². The normalized spacial score (nSPS) is 9.59. The molecule has 0 saturated carbocycles. The van der Waals surface area contributed by atoms with Crippen LogP contribution < -0.4 is 4.74 Å². The predicted molar refractivity (Wildman–Crippen MR) is 68.6 cm³/mol. The molecule has 17 heavy (non-hydrogen) atoms. The van der Waals surface area contributed by atoms with Crippen LogP contribution in [0.15, 0.2) is 18.2 Å². The highest BCUT2D eigenvalue weighted by molar-refractivity contribution is 5.34. The molecule has 0 amide bonds. The summed E-state index contributed by atoms with van der Waals surface area (Å²) in [5.74, 6) is 6.64. The molecule has 0 unspecified atom stereocenters. The van der Waals surface area contributed by atoms with Crippen molar-refractivity contribution in [3.05, 3.63) is 29.6 Å². The summed E-state index contributed by atoms with van der Waals surface area (Å²) in [6.07, 6.45) is 3.30. The molecule has 0 aliphatic rings. The van der Waals surface area contributed by atoms with Gasteiger partial charge < -0.3 is 4.74 Å². The van der Waals surface area contributed by atoms with Crippen molar-refractivity contribution in [1.29, 1.82) is 0 Å². The minimum atomic E-state index is -0.215. The maximum Gasteiger partial charge on any atom is 0.123 e. The Morgan fingerprint density at radius 3 is 2.76 bits per heavy atom. The average molecular weight is 234 g/mol. The van der Waals surface area contributed by atoms with E-state index in [1.54, 1.807) is 12.1 Å². The van der Waals surface area contributed by atoms with Crippen molar-refractivity contribution in [1.82, 2.24) is 0 Å². The van der Waals surface area contributed by atoms with E-state index >= 15 is 0 Å². The Hall–Kier alpha value is -1.49. The fourth-order valence-corrected chi connectivity index (χ4v) is 1.51. The van der Waals surface area contributed by atoms with Gasteiger partial charge in [0.25, 0.3) is 0 Å². The Balaban J connectivity index is 2.69. The maximum atomic E-state index is 13.2. The van der Waals surface area contributed by atoms with E-state index in [0.717, 1.165) is 37.0 Å². The second-order valence-corrected chi connectivity index (χ2v) is 3.81. The summed E-state index contributed by atoms with van der Waals surface area (Å²) >= 11 is 0. The number of hydrogen-bond donors (Lipinski definition) is 0. The van der Waals surface area contributed by atoms with Crippen molar-refractivity contribution >= 4 is 0 Å². The number of aryl methyl sites for hydroxylation is 1. The SMILES string of the molecule is CCC#CCCc1cc(F)ccc1OCCC. The number of rotatable bonds is 5. The van der Waals surface area contributed by atoms with Gasteiger partial charge in [-0.15, -0.1) is 11.8 Å². The summed E-state index contributed by atoms with van der Waals surface area (Å²) in [4.78, 5) is 0. The Labute approximate surface area is 103 Å². The Morgan fingerprint density at radius 2 is 2.06 bits per heavy atom. The van der Waals surface area contributed by atoms with Gasteiger partial charge in [-0.1, -0.05) is 13.8 Å². The van der Waals surface area contributed by atoms with Crippen molar-refractivity contribution in [2.24, 2.45) is 0 Å². The Kier molecular flexibility index (Phi) is 6.17. The van der Waals surface area contributed by atoms with E-state index in [0.29, 0.717) is 6.61 Å². The Morgan fingerprint density at radius 1 is 1.24 bits per heavy atom. The first-order valence-electron chi connectivity index (χ1n) is 6.14. The molecular weight excluding hydrogens is 215 g/mol. The maximum absolute atomic E-state index is 13.2. The summed E-state index contributed by atoms with van der Waals surface area (Å²) in [6, 6.07) is 4.68. The van der Waals surface area contributed by atoms with Gasteiger partial charge in [-0.3, -0.25) is 0 Å². The third-order valence-corrected chi connectivity index (χ3v) is 2.31. The van der Waals surface area contributed by atoms with E-state index in [-0.39, 0.29) is 5.82 Å². The van der Waals surface area contributed by atoms with Gasteiger partial charge in [0.1, 0.15) is 11.6 Å². The average Bonchev–Trinajstić information content (AvgIpc) is 2.33. The van der Waals surface area contributed by atoms with Gasteiger partial charge in [0, 0.05) is 12.8 Å². The van der Waals surface area contributed by atoms with Crippen molar-refractivity contribution in [2.75, 3.05) is 6.61 Å². The van der Waals surface area contributed by atoms with E-state index in [1.165, 1.54) is 6.07 Å². The van der Waals surface area contributed by atoms with Gasteiger partial charge >= 0.3 is 0 Å². The summed E-state index contributed by atoms with van der Waals surface area (Å²) in [6.45, 7) is 4.74. The fourth-order valence-electron chi connectivity index (χ4n) is 1.51. The highest BCUT2D eigenvalue weighted by Gasteiger charge is 2.04. The zero-order valence-corrected chi connectivity index (χ0v) is 10.6. The first-order valence-corrected chi connectivity index (χ1v) is 6.14. The summed E-state index contributed by atoms with van der Waals surface area (Å²) < 4.78 is 18.7. The van der Waals surface area contributed by atoms with Crippen LogP contribution in [-0.4, -0.2) is 6.61 Å². The third-order valence-electron chi connectivity index (χ3n) is 2.31. The molecule has 0 atom stereocenters. The molecule has 0 aliphatic carbocycles. The van der Waals surface area contributed by atoms with Crippen LogP contribution in [0.5, 0.6) is 5.75 Å². The molecule has 92 valence electrons. The minimum Gasteiger partial charge on any atom is -0.493 e. The molecular formula is C15H19FO. The zero-order valence-electron chi connectivity index (χ0n) is 10.6. The van der Waals surface area contributed by atoms with Crippen LogP contribution in [0.4, 0.5) is 4.39 Å². The summed E-state index contributed by atoms with van der Waals surface area (Å²) in [5.41, 5.74) is 0.906. The Bertz CT molecular complexity index is 401. The number of hydrogen-bond acceptors (Lipinski definition) is 1. The molecule has 0 heterocycles. The minimum absolute atomic E-state index is 0.215. The standard InChI is InChI=1S/C15H19FO/c1-3-5-6-7-8-13-12-14(16)9-10-15(13)17-11-4-2/h9-10,12H,3-4,7-8,11H2,1-2H3. The largest absolute Gasteiger partial charge is 0.493 e. The third kappa shape index (κ3) is 4.91. The molecule has 0 fully saturated rings. The molecule has 1 nitrogen and oxygen atoms in total. The van der Waals surface area contributed by atoms with Crippen LogP contribution in [0.1, 0.15) is 38.7 Å². The lowest BCUT2D eigenvalue weighted by Crippen LogP contribution is -1.99. The van der Waals surface area contributed by atoms with E-state index in [4.69, 9.17) is 4.74 Å². The summed E-state index contributed by atoms with van der Waals surface area (Å²) in [5, 5.41) is 0. The molecule has 0 aliphatic heterocycles. The predicted octanol–water partition coefficient (Wildman–Crippen LogP) is 3.96. The van der Waals surface area contributed by atoms with E-state index in [9.17, 15) is 4.39 Å². The zero-order chi connectivity index (χ0) is 12.5. The highest BCUT2D eigenvalue weighted by atomic mass is 19.1. The monoisotopic (exact) mass is 234 g/mol. The van der Waals surface area contributed by atoms with E-state index < -0.39 is 0 Å². The number of halogens is 1. The van der Waals surface area contributed by atoms with Crippen molar-refractivity contribution < 1.29 is 9.13 Å². The van der Waals surface area contributed by atoms with Crippen LogP contribution in [-0.2, 0) is 6.42 Å². The summed E-state index contributed by atoms with van der Waals surface area (Å²) in [7, 11) is 0. The molecule has 0 radical (unpaired) electrons. The van der Waals surface area contributed by atoms with E-state index in [1.807, 2.05) is 6.92 Å². The number of ether oxygens (including phenoxy) is 1. The lowest BCUT2D eigenvalue weighted by atomic mass is 10.1. The van der Waals surface area contributed by atoms with Gasteiger partial charge in [0.05, 0.1) is 6.61 Å². The fraction of sp³-hybridized carbons (Fsp3) is 0.467. The molecule has 0 N–H and O–H groups in total. The number of benzene rings is 1. The van der Waals surface area contributed by atoms with Crippen LogP contribution in [0.3, 0.4) is 0 Å². The van der Waals surface area contributed by atoms with E-state index in [2.05, 4.69) is 18.8 Å². The van der Waals surface area contributed by atoms with Gasteiger partial charge in [0.15, 0.2) is 0 Å². The first kappa shape index (κ1) is 13.6. The molecule has 0 aromatic heterocycles. The molecule has 1 rings (SSSR count). The molecule has 2 heteroatoms. The molecule has 0 spiro atoms. The lowest BCUT2D eigenvalue weighted by Gasteiger charge is -2.09. The molecule has 0 bridgehead atoms. The van der Waals surface area contributed by atoms with Crippen molar-refractivity contribution in [2.45, 2.75) is 39.5 Å². The van der Waals surface area contributed by atoms with Crippen LogP contribution >= 0.6 is 0 Å². The van der Waals surface area contributed by atoms with Crippen LogP contribution in [0.2, 0.25) is 0 Å². The molecule has 0 saturated heterocycles. The molecule has 1 aromatic rings. The van der Waals surface area contributed by atoms with Crippen molar-refractivity contribution in [3.63, 3.8) is 0 Å². The van der Waals surface area contributed by atoms with Crippen molar-refractivity contribution in [3.8, 4) is 17.6 Å². The highest BCUT2D eigenvalue weighted by Crippen LogP contribution is 2.21. The quantitative estimate of drug-likeness (QED) is 0.701. The second-order valence-electron chi connectivity index (χ2n) is 3.81. The van der Waals surface area contributed by atoms with Gasteiger partial charge in [-0.25, -0.2) is 4.39 Å². The smallest absolute Gasteiger partial charge is 0.123 e. The molecule has 1 aromatic carbocycles.